The summed E-state index contributed by atoms with van der Waals surface area (Å²) in [6.07, 6.45) is 0.677. The van der Waals surface area contributed by atoms with Gasteiger partial charge in [0.05, 0.1) is 6.54 Å². The minimum atomic E-state index is -0.293. The van der Waals surface area contributed by atoms with Crippen LogP contribution in [0.2, 0.25) is 0 Å². The van der Waals surface area contributed by atoms with E-state index in [9.17, 15) is 14.0 Å². The number of carbonyl (C=O) groups is 2. The molecule has 29 heavy (non-hydrogen) atoms. The Labute approximate surface area is 179 Å². The summed E-state index contributed by atoms with van der Waals surface area (Å²) in [5.74, 6) is -0.279. The molecule has 1 heterocycles. The molecule has 0 saturated carbocycles. The van der Waals surface area contributed by atoms with Crippen LogP contribution in [0.1, 0.15) is 17.5 Å². The number of halogens is 2. The van der Waals surface area contributed by atoms with Crippen LogP contribution in [0.25, 0.3) is 0 Å². The maximum atomic E-state index is 13.9. The molecule has 1 N–H and O–H groups in total. The molecule has 1 aliphatic rings. The highest BCUT2D eigenvalue weighted by Crippen LogP contribution is 2.17. The van der Waals surface area contributed by atoms with Crippen molar-refractivity contribution in [3.05, 3.63) is 69.9 Å². The zero-order valence-corrected chi connectivity index (χ0v) is 17.8. The van der Waals surface area contributed by atoms with Gasteiger partial charge in [0.1, 0.15) is 5.82 Å². The molecule has 1 aliphatic heterocycles. The highest BCUT2D eigenvalue weighted by atomic mass is 79.9. The smallest absolute Gasteiger partial charge is 0.234 e. The SMILES string of the molecule is O=C(CN1CCN(C(=O)CCc2ccc(Br)cc2F)CC1)NCc1ccccc1. The highest BCUT2D eigenvalue weighted by Gasteiger charge is 2.22. The molecule has 0 atom stereocenters. The molecule has 0 aliphatic carbocycles. The topological polar surface area (TPSA) is 52.7 Å². The molecule has 2 aromatic rings. The van der Waals surface area contributed by atoms with Crippen molar-refractivity contribution < 1.29 is 14.0 Å². The van der Waals surface area contributed by atoms with E-state index in [-0.39, 0.29) is 24.1 Å². The summed E-state index contributed by atoms with van der Waals surface area (Å²) in [7, 11) is 0. The average Bonchev–Trinajstić information content (AvgIpc) is 2.73. The summed E-state index contributed by atoms with van der Waals surface area (Å²) in [6.45, 7) is 3.36. The van der Waals surface area contributed by atoms with Crippen LogP contribution in [-0.2, 0) is 22.6 Å². The lowest BCUT2D eigenvalue weighted by Crippen LogP contribution is -2.51. The van der Waals surface area contributed by atoms with Gasteiger partial charge in [-0.15, -0.1) is 0 Å². The summed E-state index contributed by atoms with van der Waals surface area (Å²) < 4.78 is 14.6. The fraction of sp³-hybridized carbons (Fsp3) is 0.364. The van der Waals surface area contributed by atoms with Crippen molar-refractivity contribution in [1.82, 2.24) is 15.1 Å². The van der Waals surface area contributed by atoms with E-state index >= 15 is 0 Å². The molecule has 2 aromatic carbocycles. The number of rotatable bonds is 7. The molecule has 154 valence electrons. The maximum Gasteiger partial charge on any atom is 0.234 e. The lowest BCUT2D eigenvalue weighted by Gasteiger charge is -2.34. The molecule has 0 aromatic heterocycles. The molecule has 1 fully saturated rings. The molecular formula is C22H25BrFN3O2. The van der Waals surface area contributed by atoms with E-state index in [0.29, 0.717) is 55.7 Å². The third kappa shape index (κ3) is 6.65. The first kappa shape index (κ1) is 21.5. The number of hydrogen-bond acceptors (Lipinski definition) is 3. The van der Waals surface area contributed by atoms with Crippen molar-refractivity contribution in [2.45, 2.75) is 19.4 Å². The Kier molecular flexibility index (Phi) is 7.77. The summed E-state index contributed by atoms with van der Waals surface area (Å²) in [4.78, 5) is 28.4. The number of aryl methyl sites for hydroxylation is 1. The lowest BCUT2D eigenvalue weighted by atomic mass is 10.1. The van der Waals surface area contributed by atoms with E-state index < -0.39 is 0 Å². The average molecular weight is 462 g/mol. The monoisotopic (exact) mass is 461 g/mol. The van der Waals surface area contributed by atoms with Crippen LogP contribution in [0.4, 0.5) is 4.39 Å². The van der Waals surface area contributed by atoms with Crippen molar-refractivity contribution in [3.8, 4) is 0 Å². The zero-order valence-electron chi connectivity index (χ0n) is 16.2. The van der Waals surface area contributed by atoms with E-state index in [0.717, 1.165) is 5.56 Å². The van der Waals surface area contributed by atoms with Gasteiger partial charge in [0.15, 0.2) is 0 Å². The fourth-order valence-electron chi connectivity index (χ4n) is 3.34. The van der Waals surface area contributed by atoms with Crippen LogP contribution in [0.5, 0.6) is 0 Å². The Morgan fingerprint density at radius 1 is 1.03 bits per heavy atom. The Hall–Kier alpha value is -2.25. The fourth-order valence-corrected chi connectivity index (χ4v) is 3.67. The number of nitrogens with one attached hydrogen (secondary N) is 1. The Morgan fingerprint density at radius 2 is 1.76 bits per heavy atom. The molecule has 3 rings (SSSR count). The molecule has 0 unspecified atom stereocenters. The minimum Gasteiger partial charge on any atom is -0.351 e. The highest BCUT2D eigenvalue weighted by molar-refractivity contribution is 9.10. The molecule has 0 spiro atoms. The molecule has 0 radical (unpaired) electrons. The zero-order chi connectivity index (χ0) is 20.6. The van der Waals surface area contributed by atoms with E-state index in [1.54, 1.807) is 17.0 Å². The van der Waals surface area contributed by atoms with Gasteiger partial charge >= 0.3 is 0 Å². The van der Waals surface area contributed by atoms with Crippen molar-refractivity contribution in [2.24, 2.45) is 0 Å². The van der Waals surface area contributed by atoms with Crippen LogP contribution < -0.4 is 5.32 Å². The summed E-state index contributed by atoms with van der Waals surface area (Å²) in [5.41, 5.74) is 1.62. The van der Waals surface area contributed by atoms with Gasteiger partial charge in [-0.05, 0) is 29.7 Å². The van der Waals surface area contributed by atoms with Gasteiger partial charge in [-0.2, -0.15) is 0 Å². The van der Waals surface area contributed by atoms with Crippen LogP contribution in [0.3, 0.4) is 0 Å². The van der Waals surface area contributed by atoms with Crippen molar-refractivity contribution in [2.75, 3.05) is 32.7 Å². The van der Waals surface area contributed by atoms with E-state index in [2.05, 4.69) is 26.1 Å². The quantitative estimate of drug-likeness (QED) is 0.689. The number of carbonyl (C=O) groups excluding carboxylic acids is 2. The summed E-state index contributed by atoms with van der Waals surface area (Å²) in [5, 5.41) is 2.93. The Morgan fingerprint density at radius 3 is 2.45 bits per heavy atom. The van der Waals surface area contributed by atoms with Crippen molar-refractivity contribution in [3.63, 3.8) is 0 Å². The Bertz CT molecular complexity index is 839. The van der Waals surface area contributed by atoms with Gasteiger partial charge in [-0.25, -0.2) is 4.39 Å². The maximum absolute atomic E-state index is 13.9. The van der Waals surface area contributed by atoms with Crippen molar-refractivity contribution >= 4 is 27.7 Å². The van der Waals surface area contributed by atoms with Gasteiger partial charge in [0.2, 0.25) is 11.8 Å². The molecule has 1 saturated heterocycles. The third-order valence-electron chi connectivity index (χ3n) is 5.05. The van der Waals surface area contributed by atoms with Crippen LogP contribution in [0.15, 0.2) is 53.0 Å². The predicted octanol–water partition coefficient (Wildman–Crippen LogP) is 2.98. The minimum absolute atomic E-state index is 0.0145. The van der Waals surface area contributed by atoms with Gasteiger partial charge in [0.25, 0.3) is 0 Å². The molecule has 0 bridgehead atoms. The van der Waals surface area contributed by atoms with Gasteiger partial charge in [-0.1, -0.05) is 52.3 Å². The van der Waals surface area contributed by atoms with Crippen LogP contribution in [0, 0.1) is 5.82 Å². The largest absolute Gasteiger partial charge is 0.351 e. The molecule has 7 heteroatoms. The summed E-state index contributed by atoms with van der Waals surface area (Å²) in [6, 6.07) is 14.7. The number of amides is 2. The number of hydrogen-bond donors (Lipinski definition) is 1. The summed E-state index contributed by atoms with van der Waals surface area (Å²) >= 11 is 3.23. The van der Waals surface area contributed by atoms with Gasteiger partial charge in [-0.3, -0.25) is 14.5 Å². The number of benzene rings is 2. The van der Waals surface area contributed by atoms with E-state index in [1.807, 2.05) is 30.3 Å². The third-order valence-corrected chi connectivity index (χ3v) is 5.54. The first-order valence-corrected chi connectivity index (χ1v) is 10.6. The van der Waals surface area contributed by atoms with Crippen molar-refractivity contribution in [1.29, 1.82) is 0 Å². The molecular weight excluding hydrogens is 437 g/mol. The number of nitrogens with zero attached hydrogens (tertiary/aromatic N) is 2. The second-order valence-electron chi connectivity index (χ2n) is 7.15. The van der Waals surface area contributed by atoms with E-state index in [4.69, 9.17) is 0 Å². The predicted molar refractivity (Wildman–Crippen MR) is 114 cm³/mol. The van der Waals surface area contributed by atoms with Crippen LogP contribution >= 0.6 is 15.9 Å². The second-order valence-corrected chi connectivity index (χ2v) is 8.07. The number of piperazine rings is 1. The standard InChI is InChI=1S/C22H25BrFN3O2/c23-19-8-6-18(20(24)14-19)7-9-22(29)27-12-10-26(11-13-27)16-21(28)25-15-17-4-2-1-3-5-17/h1-6,8,14H,7,9-13,15-16H2,(H,25,28). The lowest BCUT2D eigenvalue weighted by molar-refractivity contribution is -0.133. The molecule has 5 nitrogen and oxygen atoms in total. The Balaban J connectivity index is 1.37. The van der Waals surface area contributed by atoms with E-state index in [1.165, 1.54) is 6.07 Å². The van der Waals surface area contributed by atoms with Crippen LogP contribution in [-0.4, -0.2) is 54.3 Å². The second kappa shape index (κ2) is 10.5. The van der Waals surface area contributed by atoms with Gasteiger partial charge in [0, 0.05) is 43.6 Å². The first-order valence-electron chi connectivity index (χ1n) is 9.76. The molecule has 2 amide bonds. The van der Waals surface area contributed by atoms with Gasteiger partial charge < -0.3 is 10.2 Å². The normalized spacial score (nSPS) is 14.6. The first-order chi connectivity index (χ1) is 14.0.